The van der Waals surface area contributed by atoms with Gasteiger partial charge in [0.05, 0.1) is 9.77 Å². The predicted octanol–water partition coefficient (Wildman–Crippen LogP) is 0.707. The van der Waals surface area contributed by atoms with Gasteiger partial charge < -0.3 is 4.74 Å². The van der Waals surface area contributed by atoms with Crippen LogP contribution >= 0.6 is 22.6 Å². The van der Waals surface area contributed by atoms with Gasteiger partial charge in [-0.3, -0.25) is 4.90 Å². The van der Waals surface area contributed by atoms with Crippen molar-refractivity contribution in [2.75, 3.05) is 20.1 Å². The normalized spacial score (nSPS) is 19.2. The molecule has 2 heterocycles. The van der Waals surface area contributed by atoms with Crippen molar-refractivity contribution in [3.8, 4) is 5.88 Å². The Balaban J connectivity index is 1.92. The monoisotopic (exact) mass is 279 g/mol. The van der Waals surface area contributed by atoms with Gasteiger partial charge in [0.2, 0.25) is 5.88 Å². The second-order valence-corrected chi connectivity index (χ2v) is 4.17. The van der Waals surface area contributed by atoms with Crippen molar-refractivity contribution in [3.05, 3.63) is 9.77 Å². The highest BCUT2D eigenvalue weighted by Crippen LogP contribution is 2.19. The molecule has 12 heavy (non-hydrogen) atoms. The maximum Gasteiger partial charge on any atom is 0.223 e. The molecule has 1 fully saturated rings. The molecule has 66 valence electrons. The lowest BCUT2D eigenvalue weighted by atomic mass is 10.2. The third-order valence-electron chi connectivity index (χ3n) is 1.88. The average Bonchev–Trinajstić information content (AvgIpc) is 2.33. The SMILES string of the molecule is CN1CC(Oc2[nH]ncc2I)C1. The van der Waals surface area contributed by atoms with Crippen LogP contribution in [0.1, 0.15) is 0 Å². The number of nitrogens with zero attached hydrogens (tertiary/aromatic N) is 2. The fraction of sp³-hybridized carbons (Fsp3) is 0.571. The van der Waals surface area contributed by atoms with E-state index in [1.807, 2.05) is 0 Å². The molecule has 1 aromatic rings. The summed E-state index contributed by atoms with van der Waals surface area (Å²) in [6, 6.07) is 0. The molecule has 0 saturated carbocycles. The van der Waals surface area contributed by atoms with Crippen LogP contribution in [-0.4, -0.2) is 41.3 Å². The number of rotatable bonds is 2. The summed E-state index contributed by atoms with van der Waals surface area (Å²) in [5.74, 6) is 0.800. The predicted molar refractivity (Wildman–Crippen MR) is 53.2 cm³/mol. The van der Waals surface area contributed by atoms with E-state index in [0.29, 0.717) is 6.10 Å². The second-order valence-electron chi connectivity index (χ2n) is 3.01. The molecular weight excluding hydrogens is 269 g/mol. The van der Waals surface area contributed by atoms with E-state index in [4.69, 9.17) is 4.74 Å². The number of ether oxygens (including phenoxy) is 1. The molecule has 0 aliphatic carbocycles. The Bertz CT molecular complexity index is 269. The molecule has 1 aromatic heterocycles. The molecule has 1 aliphatic heterocycles. The van der Waals surface area contributed by atoms with Crippen molar-refractivity contribution in [1.29, 1.82) is 0 Å². The van der Waals surface area contributed by atoms with Crippen LogP contribution in [0.5, 0.6) is 5.88 Å². The van der Waals surface area contributed by atoms with Gasteiger partial charge in [-0.2, -0.15) is 5.10 Å². The zero-order valence-electron chi connectivity index (χ0n) is 6.75. The Morgan fingerprint density at radius 3 is 3.00 bits per heavy atom. The van der Waals surface area contributed by atoms with E-state index in [-0.39, 0.29) is 0 Å². The van der Waals surface area contributed by atoms with Crippen LogP contribution in [-0.2, 0) is 0 Å². The molecule has 1 saturated heterocycles. The van der Waals surface area contributed by atoms with Gasteiger partial charge in [0.15, 0.2) is 0 Å². The van der Waals surface area contributed by atoms with Crippen LogP contribution in [0.4, 0.5) is 0 Å². The molecule has 0 unspecified atom stereocenters. The van der Waals surface area contributed by atoms with Gasteiger partial charge >= 0.3 is 0 Å². The number of aromatic amines is 1. The molecule has 0 aromatic carbocycles. The van der Waals surface area contributed by atoms with E-state index in [2.05, 4.69) is 44.7 Å². The van der Waals surface area contributed by atoms with Crippen molar-refractivity contribution in [1.82, 2.24) is 15.1 Å². The van der Waals surface area contributed by atoms with Crippen molar-refractivity contribution >= 4 is 22.6 Å². The van der Waals surface area contributed by atoms with Gasteiger partial charge in [-0.1, -0.05) is 0 Å². The van der Waals surface area contributed by atoms with Crippen LogP contribution in [0.25, 0.3) is 0 Å². The number of aromatic nitrogens is 2. The first-order chi connectivity index (χ1) is 5.75. The molecular formula is C7H10IN3O. The van der Waals surface area contributed by atoms with E-state index in [1.165, 1.54) is 0 Å². The van der Waals surface area contributed by atoms with Crippen LogP contribution in [0.15, 0.2) is 6.20 Å². The van der Waals surface area contributed by atoms with Crippen molar-refractivity contribution in [2.24, 2.45) is 0 Å². The number of H-pyrrole nitrogens is 1. The summed E-state index contributed by atoms with van der Waals surface area (Å²) in [5, 5.41) is 6.70. The number of hydrogen-bond donors (Lipinski definition) is 1. The fourth-order valence-corrected chi connectivity index (χ4v) is 1.61. The zero-order chi connectivity index (χ0) is 8.55. The van der Waals surface area contributed by atoms with Crippen LogP contribution < -0.4 is 4.74 Å². The van der Waals surface area contributed by atoms with Gasteiger partial charge in [-0.25, -0.2) is 5.10 Å². The Kier molecular flexibility index (Phi) is 2.22. The van der Waals surface area contributed by atoms with E-state index in [1.54, 1.807) is 6.20 Å². The van der Waals surface area contributed by atoms with Gasteiger partial charge in [-0.05, 0) is 29.6 Å². The Morgan fingerprint density at radius 2 is 2.50 bits per heavy atom. The maximum absolute atomic E-state index is 5.62. The van der Waals surface area contributed by atoms with E-state index in [9.17, 15) is 0 Å². The fourth-order valence-electron chi connectivity index (χ4n) is 1.23. The molecule has 0 atom stereocenters. The summed E-state index contributed by atoms with van der Waals surface area (Å²) < 4.78 is 6.67. The highest BCUT2D eigenvalue weighted by Gasteiger charge is 2.25. The van der Waals surface area contributed by atoms with Gasteiger partial charge in [0.25, 0.3) is 0 Å². The van der Waals surface area contributed by atoms with Gasteiger partial charge in [0.1, 0.15) is 6.10 Å². The van der Waals surface area contributed by atoms with Crippen LogP contribution in [0.3, 0.4) is 0 Å². The van der Waals surface area contributed by atoms with Crippen molar-refractivity contribution in [3.63, 3.8) is 0 Å². The molecule has 2 rings (SSSR count). The number of hydrogen-bond acceptors (Lipinski definition) is 3. The summed E-state index contributed by atoms with van der Waals surface area (Å²) >= 11 is 2.20. The minimum Gasteiger partial charge on any atom is -0.471 e. The van der Waals surface area contributed by atoms with E-state index >= 15 is 0 Å². The third-order valence-corrected chi connectivity index (χ3v) is 2.64. The summed E-state index contributed by atoms with van der Waals surface area (Å²) in [6.45, 7) is 2.02. The lowest BCUT2D eigenvalue weighted by Gasteiger charge is -2.35. The largest absolute Gasteiger partial charge is 0.471 e. The maximum atomic E-state index is 5.62. The molecule has 1 N–H and O–H groups in total. The highest BCUT2D eigenvalue weighted by atomic mass is 127. The van der Waals surface area contributed by atoms with Crippen LogP contribution in [0.2, 0.25) is 0 Å². The minimum absolute atomic E-state index is 0.337. The van der Waals surface area contributed by atoms with Crippen molar-refractivity contribution < 1.29 is 4.74 Å². The first-order valence-corrected chi connectivity index (χ1v) is 4.87. The third kappa shape index (κ3) is 1.56. The smallest absolute Gasteiger partial charge is 0.223 e. The van der Waals surface area contributed by atoms with Crippen molar-refractivity contribution in [2.45, 2.75) is 6.10 Å². The lowest BCUT2D eigenvalue weighted by molar-refractivity contribution is 0.0349. The molecule has 0 radical (unpaired) electrons. The number of likely N-dealkylation sites (tertiary alicyclic amines) is 1. The zero-order valence-corrected chi connectivity index (χ0v) is 8.91. The Hall–Kier alpha value is -0.300. The second kappa shape index (κ2) is 3.21. The average molecular weight is 279 g/mol. The molecule has 1 aliphatic rings. The number of likely N-dealkylation sites (N-methyl/N-ethyl adjacent to an activating group) is 1. The van der Waals surface area contributed by atoms with Gasteiger partial charge in [0, 0.05) is 13.1 Å². The quantitative estimate of drug-likeness (QED) is 0.810. The Morgan fingerprint density at radius 1 is 1.75 bits per heavy atom. The summed E-state index contributed by atoms with van der Waals surface area (Å²) in [5.41, 5.74) is 0. The summed E-state index contributed by atoms with van der Waals surface area (Å²) in [7, 11) is 2.08. The molecule has 5 heteroatoms. The van der Waals surface area contributed by atoms with E-state index < -0.39 is 0 Å². The minimum atomic E-state index is 0.337. The van der Waals surface area contributed by atoms with E-state index in [0.717, 1.165) is 22.5 Å². The highest BCUT2D eigenvalue weighted by molar-refractivity contribution is 14.1. The Labute approximate surface area is 84.4 Å². The molecule has 4 nitrogen and oxygen atoms in total. The first kappa shape index (κ1) is 8.31. The molecule has 0 amide bonds. The number of nitrogens with one attached hydrogen (secondary N) is 1. The summed E-state index contributed by atoms with van der Waals surface area (Å²) in [4.78, 5) is 2.22. The summed E-state index contributed by atoms with van der Waals surface area (Å²) in [6.07, 6.45) is 2.10. The number of halogens is 1. The topological polar surface area (TPSA) is 41.1 Å². The van der Waals surface area contributed by atoms with Crippen LogP contribution in [0, 0.1) is 3.57 Å². The molecule has 0 spiro atoms. The lowest BCUT2D eigenvalue weighted by Crippen LogP contribution is -2.51. The van der Waals surface area contributed by atoms with Gasteiger partial charge in [-0.15, -0.1) is 0 Å². The molecule has 0 bridgehead atoms. The standard InChI is InChI=1S/C7H10IN3O/c1-11-3-5(4-11)12-7-6(8)2-9-10-7/h2,5H,3-4H2,1H3,(H,9,10). The first-order valence-electron chi connectivity index (χ1n) is 3.80.